The number of aryl methyl sites for hydroxylation is 1. The van der Waals surface area contributed by atoms with E-state index in [1.54, 1.807) is 0 Å². The minimum atomic E-state index is 0.0192. The predicted octanol–water partition coefficient (Wildman–Crippen LogP) is 3.49. The Hall–Kier alpha value is -1.35. The molecule has 2 atom stereocenters. The van der Waals surface area contributed by atoms with Gasteiger partial charge in [-0.15, -0.1) is 0 Å². The van der Waals surface area contributed by atoms with Crippen molar-refractivity contribution < 1.29 is 4.79 Å². The fourth-order valence-corrected chi connectivity index (χ4v) is 3.57. The molecule has 1 saturated heterocycles. The Labute approximate surface area is 141 Å². The van der Waals surface area contributed by atoms with Crippen LogP contribution in [0.2, 0.25) is 0 Å². The van der Waals surface area contributed by atoms with Crippen LogP contribution in [0.25, 0.3) is 0 Å². The minimum absolute atomic E-state index is 0.0192. The van der Waals surface area contributed by atoms with Gasteiger partial charge in [0.15, 0.2) is 0 Å². The van der Waals surface area contributed by atoms with Crippen LogP contribution >= 0.6 is 0 Å². The average molecular weight is 316 g/mol. The van der Waals surface area contributed by atoms with Crippen LogP contribution in [0.15, 0.2) is 30.3 Å². The molecule has 1 N–H and O–H groups in total. The number of amides is 1. The van der Waals surface area contributed by atoms with Crippen molar-refractivity contribution in [3.8, 4) is 0 Å². The Bertz CT molecular complexity index is 488. The number of carbonyl (C=O) groups excluding carboxylic acids is 1. The molecule has 0 saturated carbocycles. The van der Waals surface area contributed by atoms with Crippen molar-refractivity contribution >= 4 is 5.91 Å². The standard InChI is InChI=1S/C20H32N2O/c1-16-12-17(2)14-22(13-16)20(3,4)15-21-19(23)11-10-18-8-6-5-7-9-18/h5-9,16-17H,10-15H2,1-4H3,(H,21,23)/t16-,17-/m0/s1. The van der Waals surface area contributed by atoms with Crippen LogP contribution in [0.4, 0.5) is 0 Å². The summed E-state index contributed by atoms with van der Waals surface area (Å²) in [6, 6.07) is 10.2. The molecule has 0 spiro atoms. The van der Waals surface area contributed by atoms with Crippen LogP contribution in [-0.2, 0) is 11.2 Å². The van der Waals surface area contributed by atoms with Gasteiger partial charge in [0.2, 0.25) is 5.91 Å². The first kappa shape index (κ1) is 18.0. The first-order chi connectivity index (χ1) is 10.9. The van der Waals surface area contributed by atoms with Gasteiger partial charge in [-0.05, 0) is 44.1 Å². The normalized spacial score (nSPS) is 22.8. The lowest BCUT2D eigenvalue weighted by atomic mass is 9.88. The summed E-state index contributed by atoms with van der Waals surface area (Å²) in [6.45, 7) is 12.1. The van der Waals surface area contributed by atoms with E-state index in [4.69, 9.17) is 0 Å². The van der Waals surface area contributed by atoms with Crippen molar-refractivity contribution in [2.45, 2.75) is 52.5 Å². The first-order valence-electron chi connectivity index (χ1n) is 8.92. The highest BCUT2D eigenvalue weighted by molar-refractivity contribution is 5.76. The van der Waals surface area contributed by atoms with Gasteiger partial charge in [0.05, 0.1) is 0 Å². The first-order valence-corrected chi connectivity index (χ1v) is 8.92. The van der Waals surface area contributed by atoms with Gasteiger partial charge >= 0.3 is 0 Å². The summed E-state index contributed by atoms with van der Waals surface area (Å²) < 4.78 is 0. The summed E-state index contributed by atoms with van der Waals surface area (Å²) in [5.41, 5.74) is 1.24. The second-order valence-electron chi connectivity index (χ2n) is 7.93. The Kier molecular flexibility index (Phi) is 6.23. The zero-order chi connectivity index (χ0) is 16.9. The summed E-state index contributed by atoms with van der Waals surface area (Å²) in [5, 5.41) is 3.14. The van der Waals surface area contributed by atoms with Crippen molar-refractivity contribution in [3.05, 3.63) is 35.9 Å². The number of benzene rings is 1. The van der Waals surface area contributed by atoms with Crippen molar-refractivity contribution in [2.24, 2.45) is 11.8 Å². The fourth-order valence-electron chi connectivity index (χ4n) is 3.57. The van der Waals surface area contributed by atoms with Crippen molar-refractivity contribution in [1.29, 1.82) is 0 Å². The molecule has 1 amide bonds. The second kappa shape index (κ2) is 7.96. The van der Waals surface area contributed by atoms with E-state index in [1.807, 2.05) is 18.2 Å². The largest absolute Gasteiger partial charge is 0.354 e. The monoisotopic (exact) mass is 316 g/mol. The molecule has 0 radical (unpaired) electrons. The number of nitrogens with zero attached hydrogens (tertiary/aromatic N) is 1. The predicted molar refractivity (Wildman–Crippen MR) is 96.4 cm³/mol. The topological polar surface area (TPSA) is 32.3 Å². The van der Waals surface area contributed by atoms with Crippen LogP contribution in [0.1, 0.15) is 46.1 Å². The molecule has 0 bridgehead atoms. The van der Waals surface area contributed by atoms with Crippen LogP contribution in [0.5, 0.6) is 0 Å². The van der Waals surface area contributed by atoms with Gasteiger partial charge in [0.1, 0.15) is 0 Å². The van der Waals surface area contributed by atoms with Gasteiger partial charge < -0.3 is 5.32 Å². The van der Waals surface area contributed by atoms with E-state index in [1.165, 1.54) is 12.0 Å². The molecule has 0 unspecified atom stereocenters. The minimum Gasteiger partial charge on any atom is -0.354 e. The number of hydrogen-bond donors (Lipinski definition) is 1. The van der Waals surface area contributed by atoms with Crippen LogP contribution in [-0.4, -0.2) is 36.0 Å². The average Bonchev–Trinajstić information content (AvgIpc) is 2.51. The molecule has 1 aliphatic rings. The molecule has 3 nitrogen and oxygen atoms in total. The van der Waals surface area contributed by atoms with Gasteiger partial charge in [-0.2, -0.15) is 0 Å². The Morgan fingerprint density at radius 2 is 1.78 bits per heavy atom. The van der Waals surface area contributed by atoms with Crippen molar-refractivity contribution in [1.82, 2.24) is 10.2 Å². The summed E-state index contributed by atoms with van der Waals surface area (Å²) in [5.74, 6) is 1.64. The van der Waals surface area contributed by atoms with E-state index in [-0.39, 0.29) is 11.4 Å². The Balaban J connectivity index is 1.78. The molecule has 1 aromatic rings. The van der Waals surface area contributed by atoms with Gasteiger partial charge in [0, 0.05) is 31.6 Å². The third-order valence-electron chi connectivity index (χ3n) is 4.93. The summed E-state index contributed by atoms with van der Waals surface area (Å²) in [6.07, 6.45) is 2.69. The molecular weight excluding hydrogens is 284 g/mol. The van der Waals surface area contributed by atoms with Crippen LogP contribution in [0.3, 0.4) is 0 Å². The smallest absolute Gasteiger partial charge is 0.220 e. The maximum atomic E-state index is 12.1. The van der Waals surface area contributed by atoms with Crippen LogP contribution < -0.4 is 5.32 Å². The summed E-state index contributed by atoms with van der Waals surface area (Å²) in [4.78, 5) is 14.7. The molecule has 2 rings (SSSR count). The molecule has 1 aliphatic heterocycles. The van der Waals surface area contributed by atoms with Crippen LogP contribution in [0, 0.1) is 11.8 Å². The van der Waals surface area contributed by atoms with Gasteiger partial charge in [-0.25, -0.2) is 0 Å². The molecule has 0 aliphatic carbocycles. The maximum absolute atomic E-state index is 12.1. The molecule has 1 fully saturated rings. The lowest BCUT2D eigenvalue weighted by molar-refractivity contribution is -0.121. The number of carbonyl (C=O) groups is 1. The van der Waals surface area contributed by atoms with Gasteiger partial charge in [-0.1, -0.05) is 44.2 Å². The number of piperidine rings is 1. The van der Waals surface area contributed by atoms with Gasteiger partial charge in [-0.3, -0.25) is 9.69 Å². The third-order valence-corrected chi connectivity index (χ3v) is 4.93. The highest BCUT2D eigenvalue weighted by atomic mass is 16.1. The zero-order valence-corrected chi connectivity index (χ0v) is 15.1. The number of hydrogen-bond acceptors (Lipinski definition) is 2. The summed E-state index contributed by atoms with van der Waals surface area (Å²) >= 11 is 0. The van der Waals surface area contributed by atoms with E-state index >= 15 is 0 Å². The van der Waals surface area contributed by atoms with E-state index in [0.29, 0.717) is 6.42 Å². The van der Waals surface area contributed by atoms with E-state index in [2.05, 4.69) is 50.0 Å². The molecule has 0 aromatic heterocycles. The fraction of sp³-hybridized carbons (Fsp3) is 0.650. The van der Waals surface area contributed by atoms with Gasteiger partial charge in [0.25, 0.3) is 0 Å². The van der Waals surface area contributed by atoms with Crippen molar-refractivity contribution in [2.75, 3.05) is 19.6 Å². The lowest BCUT2D eigenvalue weighted by Gasteiger charge is -2.45. The Morgan fingerprint density at radius 3 is 2.39 bits per heavy atom. The highest BCUT2D eigenvalue weighted by Crippen LogP contribution is 2.26. The number of rotatable bonds is 6. The van der Waals surface area contributed by atoms with E-state index in [0.717, 1.165) is 37.9 Å². The SMILES string of the molecule is C[C@H]1C[C@H](C)CN(C(C)(C)CNC(=O)CCc2ccccc2)C1. The second-order valence-corrected chi connectivity index (χ2v) is 7.93. The maximum Gasteiger partial charge on any atom is 0.220 e. The van der Waals surface area contributed by atoms with E-state index < -0.39 is 0 Å². The molecular formula is C20H32N2O. The quantitative estimate of drug-likeness (QED) is 0.871. The third kappa shape index (κ3) is 5.65. The molecule has 128 valence electrons. The molecule has 1 aromatic carbocycles. The highest BCUT2D eigenvalue weighted by Gasteiger charge is 2.32. The molecule has 3 heteroatoms. The number of nitrogens with one attached hydrogen (secondary N) is 1. The molecule has 1 heterocycles. The lowest BCUT2D eigenvalue weighted by Crippen LogP contribution is -2.56. The molecule has 23 heavy (non-hydrogen) atoms. The Morgan fingerprint density at radius 1 is 1.17 bits per heavy atom. The zero-order valence-electron chi connectivity index (χ0n) is 15.1. The summed E-state index contributed by atoms with van der Waals surface area (Å²) in [7, 11) is 0. The number of likely N-dealkylation sites (tertiary alicyclic amines) is 1. The van der Waals surface area contributed by atoms with Crippen molar-refractivity contribution in [3.63, 3.8) is 0 Å². The van der Waals surface area contributed by atoms with E-state index in [9.17, 15) is 4.79 Å².